The Morgan fingerprint density at radius 3 is 2.21 bits per heavy atom. The highest BCUT2D eigenvalue weighted by Crippen LogP contribution is 2.38. The Bertz CT molecular complexity index is 730. The van der Waals surface area contributed by atoms with Gasteiger partial charge in [-0.2, -0.15) is 0 Å². The van der Waals surface area contributed by atoms with Crippen molar-refractivity contribution >= 4 is 28.0 Å². The van der Waals surface area contributed by atoms with Crippen LogP contribution in [0.25, 0.3) is 6.08 Å². The quantitative estimate of drug-likeness (QED) is 0.420. The van der Waals surface area contributed by atoms with Crippen LogP contribution >= 0.6 is 15.9 Å². The number of carbonyl (C=O) groups is 1. The number of hydrogen-bond acceptors (Lipinski definition) is 5. The van der Waals surface area contributed by atoms with Crippen LogP contribution in [0, 0.1) is 0 Å². The number of esters is 1. The van der Waals surface area contributed by atoms with Crippen LogP contribution in [0.3, 0.4) is 0 Å². The maximum Gasteiger partial charge on any atom is 0.336 e. The maximum absolute atomic E-state index is 11.9. The average molecular weight is 393 g/mol. The Morgan fingerprint density at radius 2 is 1.67 bits per heavy atom. The number of rotatable bonds is 6. The Kier molecular flexibility index (Phi) is 6.26. The van der Waals surface area contributed by atoms with Gasteiger partial charge in [0.1, 0.15) is 5.75 Å². The van der Waals surface area contributed by atoms with Gasteiger partial charge in [-0.1, -0.05) is 22.0 Å². The van der Waals surface area contributed by atoms with Crippen LogP contribution < -0.4 is 18.9 Å². The predicted octanol–water partition coefficient (Wildman–Crippen LogP) is 4.09. The van der Waals surface area contributed by atoms with Crippen molar-refractivity contribution in [3.8, 4) is 23.0 Å². The molecule has 0 heterocycles. The van der Waals surface area contributed by atoms with Crippen LogP contribution in [-0.2, 0) is 4.79 Å². The predicted molar refractivity (Wildman–Crippen MR) is 94.9 cm³/mol. The molecule has 2 aromatic rings. The Balaban J connectivity index is 2.17. The molecule has 5 nitrogen and oxygen atoms in total. The summed E-state index contributed by atoms with van der Waals surface area (Å²) in [5.41, 5.74) is 0.718. The fourth-order valence-corrected chi connectivity index (χ4v) is 2.42. The number of ether oxygens (including phenoxy) is 4. The second-order valence-electron chi connectivity index (χ2n) is 4.67. The van der Waals surface area contributed by atoms with E-state index in [0.717, 1.165) is 10.0 Å². The highest BCUT2D eigenvalue weighted by Gasteiger charge is 2.12. The number of benzene rings is 2. The monoisotopic (exact) mass is 392 g/mol. The second kappa shape index (κ2) is 8.40. The van der Waals surface area contributed by atoms with Gasteiger partial charge in [0.25, 0.3) is 0 Å². The summed E-state index contributed by atoms with van der Waals surface area (Å²) in [4.78, 5) is 11.9. The third-order valence-electron chi connectivity index (χ3n) is 3.11. The van der Waals surface area contributed by atoms with Gasteiger partial charge in [0.2, 0.25) is 5.75 Å². The van der Waals surface area contributed by atoms with Gasteiger partial charge in [-0.3, -0.25) is 0 Å². The molecule has 0 fully saturated rings. The van der Waals surface area contributed by atoms with E-state index in [-0.39, 0.29) is 0 Å². The summed E-state index contributed by atoms with van der Waals surface area (Å²) < 4.78 is 21.9. The molecular formula is C18H17BrO5. The minimum Gasteiger partial charge on any atom is -0.493 e. The third-order valence-corrected chi connectivity index (χ3v) is 3.61. The lowest BCUT2D eigenvalue weighted by Gasteiger charge is -2.12. The van der Waals surface area contributed by atoms with Crippen molar-refractivity contribution in [1.29, 1.82) is 0 Å². The minimum atomic E-state index is -0.484. The van der Waals surface area contributed by atoms with Gasteiger partial charge >= 0.3 is 5.97 Å². The molecule has 0 radical (unpaired) electrons. The first kappa shape index (κ1) is 17.9. The summed E-state index contributed by atoms with van der Waals surface area (Å²) in [7, 11) is 4.60. The average Bonchev–Trinajstić information content (AvgIpc) is 2.58. The molecule has 0 saturated heterocycles. The number of halogens is 1. The topological polar surface area (TPSA) is 54.0 Å². The van der Waals surface area contributed by atoms with E-state index in [1.165, 1.54) is 27.4 Å². The van der Waals surface area contributed by atoms with Crippen molar-refractivity contribution in [2.75, 3.05) is 21.3 Å². The first-order valence-corrected chi connectivity index (χ1v) is 7.82. The molecule has 0 aromatic heterocycles. The van der Waals surface area contributed by atoms with Crippen LogP contribution in [0.4, 0.5) is 0 Å². The molecule has 0 amide bonds. The standard InChI is InChI=1S/C18H17BrO5/c1-21-15-9-12(10-16(22-2)18(15)23-3)7-8-17(20)24-14-6-4-5-13(19)11-14/h4-11H,1-3H3/b8-7+. The molecule has 0 aliphatic carbocycles. The highest BCUT2D eigenvalue weighted by molar-refractivity contribution is 9.10. The number of hydrogen-bond donors (Lipinski definition) is 0. The maximum atomic E-state index is 11.9. The van der Waals surface area contributed by atoms with Crippen LogP contribution in [0.2, 0.25) is 0 Å². The lowest BCUT2D eigenvalue weighted by Crippen LogP contribution is -2.03. The molecule has 24 heavy (non-hydrogen) atoms. The molecule has 2 rings (SSSR count). The lowest BCUT2D eigenvalue weighted by atomic mass is 10.1. The largest absolute Gasteiger partial charge is 0.493 e. The zero-order chi connectivity index (χ0) is 17.5. The molecule has 0 spiro atoms. The van der Waals surface area contributed by atoms with E-state index in [9.17, 15) is 4.79 Å². The highest BCUT2D eigenvalue weighted by atomic mass is 79.9. The summed E-state index contributed by atoms with van der Waals surface area (Å²) >= 11 is 3.32. The molecule has 0 atom stereocenters. The summed E-state index contributed by atoms with van der Waals surface area (Å²) in [6.45, 7) is 0. The van der Waals surface area contributed by atoms with Gasteiger partial charge in [0, 0.05) is 10.5 Å². The Morgan fingerprint density at radius 1 is 1.00 bits per heavy atom. The summed E-state index contributed by atoms with van der Waals surface area (Å²) in [5, 5.41) is 0. The SMILES string of the molecule is COc1cc(/C=C/C(=O)Oc2cccc(Br)c2)cc(OC)c1OC. The molecule has 0 N–H and O–H groups in total. The number of methoxy groups -OCH3 is 3. The third kappa shape index (κ3) is 4.52. The van der Waals surface area contributed by atoms with Crippen molar-refractivity contribution in [3.63, 3.8) is 0 Å². The second-order valence-corrected chi connectivity index (χ2v) is 5.59. The Labute approximate surface area is 148 Å². The summed E-state index contributed by atoms with van der Waals surface area (Å²) in [5.74, 6) is 1.49. The van der Waals surface area contributed by atoms with Gasteiger partial charge < -0.3 is 18.9 Å². The van der Waals surface area contributed by atoms with Crippen molar-refractivity contribution < 1.29 is 23.7 Å². The molecule has 2 aromatic carbocycles. The van der Waals surface area contributed by atoms with Crippen LogP contribution in [0.1, 0.15) is 5.56 Å². The van der Waals surface area contributed by atoms with Gasteiger partial charge in [0.15, 0.2) is 11.5 Å². The lowest BCUT2D eigenvalue weighted by molar-refractivity contribution is -0.128. The molecule has 0 bridgehead atoms. The van der Waals surface area contributed by atoms with Crippen LogP contribution in [0.5, 0.6) is 23.0 Å². The van der Waals surface area contributed by atoms with Gasteiger partial charge in [-0.05, 0) is 42.0 Å². The molecule has 6 heteroatoms. The first-order chi connectivity index (χ1) is 11.6. The van der Waals surface area contributed by atoms with Crippen molar-refractivity contribution in [2.24, 2.45) is 0 Å². The molecule has 0 aliphatic rings. The summed E-state index contributed by atoms with van der Waals surface area (Å²) in [6.07, 6.45) is 2.95. The molecule has 0 unspecified atom stereocenters. The Hall–Kier alpha value is -2.47. The van der Waals surface area contributed by atoms with E-state index in [4.69, 9.17) is 18.9 Å². The fraction of sp³-hybridized carbons (Fsp3) is 0.167. The van der Waals surface area contributed by atoms with Crippen molar-refractivity contribution in [3.05, 3.63) is 52.5 Å². The van der Waals surface area contributed by atoms with E-state index in [0.29, 0.717) is 23.0 Å². The summed E-state index contributed by atoms with van der Waals surface area (Å²) in [6, 6.07) is 10.5. The van der Waals surface area contributed by atoms with Crippen molar-refractivity contribution in [2.45, 2.75) is 0 Å². The zero-order valence-electron chi connectivity index (χ0n) is 13.5. The van der Waals surface area contributed by atoms with E-state index < -0.39 is 5.97 Å². The zero-order valence-corrected chi connectivity index (χ0v) is 15.1. The number of carbonyl (C=O) groups excluding carboxylic acids is 1. The van der Waals surface area contributed by atoms with Crippen LogP contribution in [-0.4, -0.2) is 27.3 Å². The fourth-order valence-electron chi connectivity index (χ4n) is 2.04. The van der Waals surface area contributed by atoms with E-state index in [1.807, 2.05) is 6.07 Å². The van der Waals surface area contributed by atoms with E-state index >= 15 is 0 Å². The van der Waals surface area contributed by atoms with E-state index in [2.05, 4.69) is 15.9 Å². The first-order valence-electron chi connectivity index (χ1n) is 7.03. The smallest absolute Gasteiger partial charge is 0.336 e. The van der Waals surface area contributed by atoms with Gasteiger partial charge in [0.05, 0.1) is 21.3 Å². The minimum absolute atomic E-state index is 0.462. The molecular weight excluding hydrogens is 376 g/mol. The normalized spacial score (nSPS) is 10.5. The van der Waals surface area contributed by atoms with Gasteiger partial charge in [-0.15, -0.1) is 0 Å². The van der Waals surface area contributed by atoms with E-state index in [1.54, 1.807) is 36.4 Å². The van der Waals surface area contributed by atoms with Gasteiger partial charge in [-0.25, -0.2) is 4.79 Å². The van der Waals surface area contributed by atoms with Crippen molar-refractivity contribution in [1.82, 2.24) is 0 Å². The molecule has 126 valence electrons. The van der Waals surface area contributed by atoms with Crippen LogP contribution in [0.15, 0.2) is 46.9 Å². The molecule has 0 aliphatic heterocycles. The molecule has 0 saturated carbocycles.